The lowest BCUT2D eigenvalue weighted by Gasteiger charge is -2.36. The maximum absolute atomic E-state index is 5.73. The third-order valence-corrected chi connectivity index (χ3v) is 3.30. The van der Waals surface area contributed by atoms with Crippen molar-refractivity contribution in [3.63, 3.8) is 0 Å². The molecule has 0 bridgehead atoms. The highest BCUT2D eigenvalue weighted by molar-refractivity contribution is 5.13. The maximum Gasteiger partial charge on any atom is 0.0717 e. The zero-order chi connectivity index (χ0) is 12.8. The Bertz CT molecular complexity index is 332. The fraction of sp³-hybridized carbons (Fsp3) is 0.600. The number of hydrogen-bond donors (Lipinski definition) is 1. The molecule has 1 aliphatic rings. The summed E-state index contributed by atoms with van der Waals surface area (Å²) in [7, 11) is 0. The molecule has 100 valence electrons. The largest absolute Gasteiger partial charge is 0.375 e. The standard InChI is InChI=1S/C15H24N2O/c1-13-10-17(11-14(2)16-13)8-9-18-12-15-6-4-3-5-7-15/h3-7,13-14,16H,8-12H2,1-2H3. The van der Waals surface area contributed by atoms with Crippen LogP contribution in [-0.4, -0.2) is 43.2 Å². The van der Waals surface area contributed by atoms with E-state index in [0.29, 0.717) is 12.1 Å². The average Bonchev–Trinajstić information content (AvgIpc) is 2.35. The highest BCUT2D eigenvalue weighted by Gasteiger charge is 2.19. The Kier molecular flexibility index (Phi) is 5.17. The van der Waals surface area contributed by atoms with Crippen LogP contribution in [0.1, 0.15) is 19.4 Å². The minimum atomic E-state index is 0.586. The molecule has 1 N–H and O–H groups in total. The first-order valence-corrected chi connectivity index (χ1v) is 6.84. The van der Waals surface area contributed by atoms with Gasteiger partial charge in [-0.15, -0.1) is 0 Å². The number of hydrogen-bond acceptors (Lipinski definition) is 3. The molecular formula is C15H24N2O. The number of rotatable bonds is 5. The summed E-state index contributed by atoms with van der Waals surface area (Å²) in [6, 6.07) is 11.5. The quantitative estimate of drug-likeness (QED) is 0.805. The molecule has 0 spiro atoms. The first-order valence-electron chi connectivity index (χ1n) is 6.84. The smallest absolute Gasteiger partial charge is 0.0717 e. The molecule has 2 atom stereocenters. The van der Waals surface area contributed by atoms with Gasteiger partial charge < -0.3 is 10.1 Å². The first kappa shape index (κ1) is 13.5. The lowest BCUT2D eigenvalue weighted by atomic mass is 10.1. The van der Waals surface area contributed by atoms with Crippen molar-refractivity contribution in [2.24, 2.45) is 0 Å². The van der Waals surface area contributed by atoms with Crippen LogP contribution in [-0.2, 0) is 11.3 Å². The van der Waals surface area contributed by atoms with Crippen LogP contribution < -0.4 is 5.32 Å². The fourth-order valence-corrected chi connectivity index (χ4v) is 2.58. The van der Waals surface area contributed by atoms with Gasteiger partial charge in [0, 0.05) is 31.7 Å². The van der Waals surface area contributed by atoms with E-state index in [9.17, 15) is 0 Å². The summed E-state index contributed by atoms with van der Waals surface area (Å²) in [5.41, 5.74) is 1.25. The van der Waals surface area contributed by atoms with Gasteiger partial charge in [-0.3, -0.25) is 4.90 Å². The van der Waals surface area contributed by atoms with Gasteiger partial charge >= 0.3 is 0 Å². The van der Waals surface area contributed by atoms with Crippen molar-refractivity contribution in [2.75, 3.05) is 26.2 Å². The van der Waals surface area contributed by atoms with Gasteiger partial charge in [0.05, 0.1) is 13.2 Å². The van der Waals surface area contributed by atoms with Gasteiger partial charge in [-0.05, 0) is 19.4 Å². The van der Waals surface area contributed by atoms with Crippen molar-refractivity contribution < 1.29 is 4.74 Å². The highest BCUT2D eigenvalue weighted by Crippen LogP contribution is 2.04. The Hall–Kier alpha value is -0.900. The van der Waals surface area contributed by atoms with Crippen LogP contribution in [0.15, 0.2) is 30.3 Å². The minimum Gasteiger partial charge on any atom is -0.375 e. The topological polar surface area (TPSA) is 24.5 Å². The first-order chi connectivity index (χ1) is 8.74. The van der Waals surface area contributed by atoms with Crippen LogP contribution in [0, 0.1) is 0 Å². The Morgan fingerprint density at radius 1 is 1.17 bits per heavy atom. The van der Waals surface area contributed by atoms with E-state index >= 15 is 0 Å². The Labute approximate surface area is 110 Å². The summed E-state index contributed by atoms with van der Waals surface area (Å²) >= 11 is 0. The predicted octanol–water partition coefficient (Wildman–Crippen LogP) is 1.89. The SMILES string of the molecule is CC1CN(CCOCc2ccccc2)CC(C)N1. The Balaban J connectivity index is 1.63. The molecular weight excluding hydrogens is 224 g/mol. The molecule has 1 fully saturated rings. The zero-order valence-electron chi connectivity index (χ0n) is 11.4. The van der Waals surface area contributed by atoms with Gasteiger partial charge in [-0.25, -0.2) is 0 Å². The summed E-state index contributed by atoms with van der Waals surface area (Å²) in [5.74, 6) is 0. The van der Waals surface area contributed by atoms with Crippen molar-refractivity contribution in [2.45, 2.75) is 32.5 Å². The molecule has 2 rings (SSSR count). The molecule has 0 radical (unpaired) electrons. The molecule has 1 aromatic carbocycles. The summed E-state index contributed by atoms with van der Waals surface area (Å²) in [6.07, 6.45) is 0. The van der Waals surface area contributed by atoms with E-state index in [2.05, 4.69) is 48.3 Å². The predicted molar refractivity (Wildman–Crippen MR) is 74.6 cm³/mol. The van der Waals surface area contributed by atoms with Crippen molar-refractivity contribution in [3.8, 4) is 0 Å². The van der Waals surface area contributed by atoms with Crippen molar-refractivity contribution >= 4 is 0 Å². The van der Waals surface area contributed by atoms with E-state index in [-0.39, 0.29) is 0 Å². The van der Waals surface area contributed by atoms with Crippen LogP contribution in [0.5, 0.6) is 0 Å². The summed E-state index contributed by atoms with van der Waals surface area (Å²) in [6.45, 7) is 9.30. The van der Waals surface area contributed by atoms with Crippen LogP contribution in [0.3, 0.4) is 0 Å². The second-order valence-electron chi connectivity index (χ2n) is 5.27. The fourth-order valence-electron chi connectivity index (χ4n) is 2.58. The minimum absolute atomic E-state index is 0.586. The van der Waals surface area contributed by atoms with E-state index in [1.54, 1.807) is 0 Å². The van der Waals surface area contributed by atoms with E-state index in [1.807, 2.05) is 6.07 Å². The molecule has 2 unspecified atom stereocenters. The third kappa shape index (κ3) is 4.41. The van der Waals surface area contributed by atoms with Crippen molar-refractivity contribution in [3.05, 3.63) is 35.9 Å². The van der Waals surface area contributed by atoms with Gasteiger partial charge in [0.2, 0.25) is 0 Å². The number of nitrogens with one attached hydrogen (secondary N) is 1. The zero-order valence-corrected chi connectivity index (χ0v) is 11.4. The lowest BCUT2D eigenvalue weighted by Crippen LogP contribution is -2.54. The molecule has 0 amide bonds. The van der Waals surface area contributed by atoms with E-state index in [1.165, 1.54) is 5.56 Å². The van der Waals surface area contributed by atoms with E-state index in [0.717, 1.165) is 32.8 Å². The Morgan fingerprint density at radius 2 is 1.83 bits per heavy atom. The molecule has 0 aliphatic carbocycles. The molecule has 1 heterocycles. The molecule has 0 saturated carbocycles. The van der Waals surface area contributed by atoms with Crippen molar-refractivity contribution in [1.29, 1.82) is 0 Å². The van der Waals surface area contributed by atoms with Crippen molar-refractivity contribution in [1.82, 2.24) is 10.2 Å². The summed E-state index contributed by atoms with van der Waals surface area (Å²) in [5, 5.41) is 3.54. The molecule has 1 aliphatic heterocycles. The maximum atomic E-state index is 5.73. The van der Waals surface area contributed by atoms with Gasteiger partial charge in [0.15, 0.2) is 0 Å². The summed E-state index contributed by atoms with van der Waals surface area (Å²) in [4.78, 5) is 2.48. The normalized spacial score (nSPS) is 25.2. The van der Waals surface area contributed by atoms with Crippen LogP contribution in [0.2, 0.25) is 0 Å². The number of piperazine rings is 1. The highest BCUT2D eigenvalue weighted by atomic mass is 16.5. The van der Waals surface area contributed by atoms with Crippen LogP contribution >= 0.6 is 0 Å². The van der Waals surface area contributed by atoms with E-state index in [4.69, 9.17) is 4.74 Å². The molecule has 1 aromatic rings. The van der Waals surface area contributed by atoms with Gasteiger partial charge in [0.25, 0.3) is 0 Å². The third-order valence-electron chi connectivity index (χ3n) is 3.30. The number of ether oxygens (including phenoxy) is 1. The van der Waals surface area contributed by atoms with E-state index < -0.39 is 0 Å². The molecule has 0 aromatic heterocycles. The second kappa shape index (κ2) is 6.88. The van der Waals surface area contributed by atoms with Crippen LogP contribution in [0.4, 0.5) is 0 Å². The van der Waals surface area contributed by atoms with Gasteiger partial charge in [0.1, 0.15) is 0 Å². The summed E-state index contributed by atoms with van der Waals surface area (Å²) < 4.78 is 5.73. The molecule has 3 nitrogen and oxygen atoms in total. The second-order valence-corrected chi connectivity index (χ2v) is 5.27. The monoisotopic (exact) mass is 248 g/mol. The Morgan fingerprint density at radius 3 is 2.50 bits per heavy atom. The van der Waals surface area contributed by atoms with Gasteiger partial charge in [-0.1, -0.05) is 30.3 Å². The number of nitrogens with zero attached hydrogens (tertiary/aromatic N) is 1. The molecule has 3 heteroatoms. The number of benzene rings is 1. The van der Waals surface area contributed by atoms with Crippen LogP contribution in [0.25, 0.3) is 0 Å². The lowest BCUT2D eigenvalue weighted by molar-refractivity contribution is 0.0764. The molecule has 1 saturated heterocycles. The van der Waals surface area contributed by atoms with Gasteiger partial charge in [-0.2, -0.15) is 0 Å². The average molecular weight is 248 g/mol. The molecule has 18 heavy (non-hydrogen) atoms.